The fourth-order valence-electron chi connectivity index (χ4n) is 6.20. The second kappa shape index (κ2) is 10.9. The largest absolute Gasteiger partial charge is 0.338 e. The number of halogens is 1. The van der Waals surface area contributed by atoms with Gasteiger partial charge in [-0.25, -0.2) is 4.98 Å². The first kappa shape index (κ1) is 26.1. The minimum absolute atomic E-state index is 0.490. The molecule has 0 bridgehead atoms. The number of hydrogen-bond acceptors (Lipinski definition) is 8. The molecule has 0 atom stereocenters. The summed E-state index contributed by atoms with van der Waals surface area (Å²) >= 11 is 3.62. The van der Waals surface area contributed by atoms with Crippen molar-refractivity contribution in [1.82, 2.24) is 29.6 Å². The van der Waals surface area contributed by atoms with Crippen LogP contribution in [-0.4, -0.2) is 54.1 Å². The Morgan fingerprint density at radius 2 is 1.67 bits per heavy atom. The average molecular weight is 631 g/mol. The zero-order valence-corrected chi connectivity index (χ0v) is 24.9. The highest BCUT2D eigenvalue weighted by Gasteiger charge is 2.28. The number of anilines is 2. The molecule has 3 aromatic heterocycles. The van der Waals surface area contributed by atoms with Gasteiger partial charge in [0.25, 0.3) is 0 Å². The molecule has 1 fully saturated rings. The second-order valence-corrected chi connectivity index (χ2v) is 12.1. The van der Waals surface area contributed by atoms with Crippen LogP contribution in [0.5, 0.6) is 0 Å². The van der Waals surface area contributed by atoms with Crippen LogP contribution in [-0.2, 0) is 6.54 Å². The summed E-state index contributed by atoms with van der Waals surface area (Å²) in [7, 11) is 0. The summed E-state index contributed by atoms with van der Waals surface area (Å²) in [6.45, 7) is 3.02. The molecule has 0 amide bonds. The molecule has 0 aliphatic carbocycles. The van der Waals surface area contributed by atoms with Crippen LogP contribution in [0.15, 0.2) is 99.9 Å². The van der Waals surface area contributed by atoms with Crippen molar-refractivity contribution in [2.75, 3.05) is 18.4 Å². The zero-order valence-electron chi connectivity index (χ0n) is 23.4. The van der Waals surface area contributed by atoms with Crippen LogP contribution >= 0.6 is 15.9 Å². The molecule has 5 aromatic rings. The van der Waals surface area contributed by atoms with Gasteiger partial charge in [0.1, 0.15) is 0 Å². The van der Waals surface area contributed by atoms with E-state index < -0.39 is 0 Å². The van der Waals surface area contributed by atoms with E-state index in [2.05, 4.69) is 91.4 Å². The maximum atomic E-state index is 4.66. The van der Waals surface area contributed by atoms with Crippen molar-refractivity contribution in [2.45, 2.75) is 25.8 Å². The molecule has 43 heavy (non-hydrogen) atoms. The number of hydrogen-bond donors (Lipinski definition) is 1. The minimum atomic E-state index is 0.490. The van der Waals surface area contributed by atoms with Crippen molar-refractivity contribution in [1.29, 1.82) is 0 Å². The minimum Gasteiger partial charge on any atom is -0.338 e. The molecule has 3 aliphatic rings. The molecule has 6 heterocycles. The van der Waals surface area contributed by atoms with Crippen LogP contribution in [0.1, 0.15) is 30.5 Å². The fraction of sp³-hybridized carbons (Fsp3) is 0.212. The molecule has 0 saturated carbocycles. The maximum Gasteiger partial charge on any atom is 0.171 e. The normalized spacial score (nSPS) is 16.4. The number of nitrogens with zero attached hydrogens (tertiary/aromatic N) is 8. The monoisotopic (exact) mass is 629 g/mol. The highest BCUT2D eigenvalue weighted by atomic mass is 79.9. The summed E-state index contributed by atoms with van der Waals surface area (Å²) in [5.74, 6) is 2.83. The molecule has 0 radical (unpaired) electrons. The van der Waals surface area contributed by atoms with Gasteiger partial charge in [-0.2, -0.15) is 10.2 Å². The zero-order chi connectivity index (χ0) is 28.8. The third-order valence-corrected chi connectivity index (χ3v) is 8.94. The highest BCUT2D eigenvalue weighted by Crippen LogP contribution is 2.40. The van der Waals surface area contributed by atoms with Gasteiger partial charge in [0.2, 0.25) is 0 Å². The van der Waals surface area contributed by atoms with Crippen molar-refractivity contribution < 1.29 is 0 Å². The standard InChI is InChI=1S/C33H28BrN9/c34-24-10-11-26-25(18-24)33-41-40-32(43(33)30-5-3-15-36-31(30)37-26)23-8-6-21(7-9-23)20-42-16-12-22(13-17-42)28-19-29(39-38-28)27-4-1-2-14-35-27/h1-11,14-15,18,22H,12-13,16-17,19-20H2,(H,36,37). The first-order chi connectivity index (χ1) is 21.2. The summed E-state index contributed by atoms with van der Waals surface area (Å²) in [4.78, 5) is 11.6. The fourth-order valence-corrected chi connectivity index (χ4v) is 6.56. The van der Waals surface area contributed by atoms with E-state index in [1.54, 1.807) is 6.20 Å². The van der Waals surface area contributed by atoms with Crippen LogP contribution in [0.3, 0.4) is 0 Å². The van der Waals surface area contributed by atoms with E-state index in [0.717, 1.165) is 94.7 Å². The van der Waals surface area contributed by atoms with E-state index in [9.17, 15) is 0 Å². The number of benzene rings is 2. The number of rotatable bonds is 5. The highest BCUT2D eigenvalue weighted by molar-refractivity contribution is 9.10. The maximum absolute atomic E-state index is 4.66. The number of nitrogens with one attached hydrogen (secondary N) is 1. The van der Waals surface area contributed by atoms with E-state index in [-0.39, 0.29) is 0 Å². The summed E-state index contributed by atoms with van der Waals surface area (Å²) in [5, 5.41) is 21.8. The molecular formula is C33H28BrN9. The van der Waals surface area contributed by atoms with E-state index in [0.29, 0.717) is 5.92 Å². The summed E-state index contributed by atoms with van der Waals surface area (Å²) in [5.41, 5.74) is 8.25. The van der Waals surface area contributed by atoms with Crippen LogP contribution in [0, 0.1) is 5.92 Å². The average Bonchev–Trinajstić information content (AvgIpc) is 3.69. The smallest absolute Gasteiger partial charge is 0.171 e. The Hall–Kier alpha value is -4.54. The van der Waals surface area contributed by atoms with Crippen LogP contribution in [0.4, 0.5) is 11.5 Å². The topological polar surface area (TPSA) is 96.5 Å². The quantitative estimate of drug-likeness (QED) is 0.229. The summed E-state index contributed by atoms with van der Waals surface area (Å²) < 4.78 is 3.08. The molecule has 10 heteroatoms. The molecule has 0 unspecified atom stereocenters. The SMILES string of the molecule is Brc1ccc2c(c1)-c1nnc(-c3ccc(CN4CCC(C5=NN=C(c6ccccn6)C5)CC4)cc3)n1-c1cccnc1N2. The molecule has 3 aliphatic heterocycles. The summed E-state index contributed by atoms with van der Waals surface area (Å²) in [6.07, 6.45) is 6.63. The van der Waals surface area contributed by atoms with Gasteiger partial charge in [-0.1, -0.05) is 46.3 Å². The molecule has 0 spiro atoms. The van der Waals surface area contributed by atoms with E-state index >= 15 is 0 Å². The van der Waals surface area contributed by atoms with Gasteiger partial charge in [0, 0.05) is 52.6 Å². The Balaban J connectivity index is 0.967. The number of fused-ring (bicyclic) bond motifs is 5. The van der Waals surface area contributed by atoms with Gasteiger partial charge in [0.05, 0.1) is 22.8 Å². The lowest BCUT2D eigenvalue weighted by Crippen LogP contribution is -2.36. The van der Waals surface area contributed by atoms with E-state index in [4.69, 9.17) is 0 Å². The molecular weight excluding hydrogens is 602 g/mol. The Morgan fingerprint density at radius 3 is 2.51 bits per heavy atom. The Morgan fingerprint density at radius 1 is 0.837 bits per heavy atom. The van der Waals surface area contributed by atoms with E-state index in [1.165, 1.54) is 11.3 Å². The Kier molecular flexibility index (Phi) is 6.65. The lowest BCUT2D eigenvalue weighted by molar-refractivity contribution is 0.201. The summed E-state index contributed by atoms with van der Waals surface area (Å²) in [6, 6.07) is 24.8. The van der Waals surface area contributed by atoms with Crippen LogP contribution in [0.25, 0.3) is 28.5 Å². The van der Waals surface area contributed by atoms with Crippen molar-refractivity contribution in [3.8, 4) is 28.5 Å². The lowest BCUT2D eigenvalue weighted by Gasteiger charge is -2.32. The third-order valence-electron chi connectivity index (χ3n) is 8.45. The first-order valence-electron chi connectivity index (χ1n) is 14.5. The number of piperidine rings is 1. The molecule has 212 valence electrons. The van der Waals surface area contributed by atoms with Crippen molar-refractivity contribution in [2.24, 2.45) is 16.1 Å². The number of aromatic nitrogens is 5. The molecule has 9 nitrogen and oxygen atoms in total. The molecule has 1 N–H and O–H groups in total. The number of likely N-dealkylation sites (tertiary alicyclic amines) is 1. The predicted octanol–water partition coefficient (Wildman–Crippen LogP) is 6.67. The van der Waals surface area contributed by atoms with Gasteiger partial charge in [-0.3, -0.25) is 14.5 Å². The van der Waals surface area contributed by atoms with Gasteiger partial charge in [-0.05, 0) is 74.0 Å². The number of pyridine rings is 2. The molecule has 1 saturated heterocycles. The Bertz CT molecular complexity index is 1870. The Labute approximate surface area is 257 Å². The van der Waals surface area contributed by atoms with Gasteiger partial charge < -0.3 is 5.32 Å². The van der Waals surface area contributed by atoms with Crippen LogP contribution < -0.4 is 5.32 Å². The predicted molar refractivity (Wildman–Crippen MR) is 172 cm³/mol. The third kappa shape index (κ3) is 4.96. The molecule has 2 aromatic carbocycles. The molecule has 8 rings (SSSR count). The van der Waals surface area contributed by atoms with Gasteiger partial charge in [-0.15, -0.1) is 10.2 Å². The lowest BCUT2D eigenvalue weighted by atomic mass is 9.89. The van der Waals surface area contributed by atoms with Crippen molar-refractivity contribution in [3.05, 3.63) is 101 Å². The van der Waals surface area contributed by atoms with Crippen molar-refractivity contribution in [3.63, 3.8) is 0 Å². The van der Waals surface area contributed by atoms with Crippen molar-refractivity contribution >= 4 is 38.9 Å². The van der Waals surface area contributed by atoms with Gasteiger partial charge >= 0.3 is 0 Å². The van der Waals surface area contributed by atoms with Crippen LogP contribution in [0.2, 0.25) is 0 Å². The second-order valence-electron chi connectivity index (χ2n) is 11.1. The van der Waals surface area contributed by atoms with Gasteiger partial charge in [0.15, 0.2) is 17.5 Å². The first-order valence-corrected chi connectivity index (χ1v) is 15.3. The van der Waals surface area contributed by atoms with E-state index in [1.807, 2.05) is 48.7 Å².